The fourth-order valence-electron chi connectivity index (χ4n) is 2.85. The first-order chi connectivity index (χ1) is 8.61. The van der Waals surface area contributed by atoms with Crippen molar-refractivity contribution in [1.82, 2.24) is 4.90 Å². The van der Waals surface area contributed by atoms with E-state index in [1.165, 1.54) is 16.7 Å². The number of rotatable bonds is 3. The Kier molecular flexibility index (Phi) is 4.05. The molecule has 0 bridgehead atoms. The summed E-state index contributed by atoms with van der Waals surface area (Å²) in [6.07, 6.45) is 3.95. The van der Waals surface area contributed by atoms with E-state index in [1.54, 1.807) is 0 Å². The lowest BCUT2D eigenvalue weighted by Crippen LogP contribution is -2.36. The standard InChI is InChI=1S/C16H23NO/c1-4-16(18)17-9-5-6-15(17)11-14-10-12(2)7-8-13(14)3/h7-8,10,15H,4-6,9,11H2,1-3H3. The van der Waals surface area contributed by atoms with E-state index in [9.17, 15) is 4.79 Å². The average molecular weight is 245 g/mol. The van der Waals surface area contributed by atoms with Gasteiger partial charge < -0.3 is 4.90 Å². The molecule has 2 nitrogen and oxygen atoms in total. The zero-order chi connectivity index (χ0) is 13.1. The van der Waals surface area contributed by atoms with Gasteiger partial charge in [0.1, 0.15) is 0 Å². The van der Waals surface area contributed by atoms with Crippen LogP contribution < -0.4 is 0 Å². The van der Waals surface area contributed by atoms with Gasteiger partial charge in [-0.05, 0) is 44.2 Å². The molecule has 1 fully saturated rings. The highest BCUT2D eigenvalue weighted by Crippen LogP contribution is 2.23. The average Bonchev–Trinajstić information content (AvgIpc) is 2.81. The summed E-state index contributed by atoms with van der Waals surface area (Å²) >= 11 is 0. The second-order valence-corrected chi connectivity index (χ2v) is 5.37. The van der Waals surface area contributed by atoms with Crippen molar-refractivity contribution in [2.75, 3.05) is 6.54 Å². The molecule has 0 radical (unpaired) electrons. The van der Waals surface area contributed by atoms with E-state index in [1.807, 2.05) is 6.92 Å². The number of benzene rings is 1. The van der Waals surface area contributed by atoms with Crippen molar-refractivity contribution in [2.45, 2.75) is 52.5 Å². The molecule has 1 amide bonds. The molecule has 1 aromatic rings. The Hall–Kier alpha value is -1.31. The molecule has 0 aromatic heterocycles. The molecule has 1 saturated heterocycles. The Morgan fingerprint density at radius 1 is 1.39 bits per heavy atom. The predicted molar refractivity (Wildman–Crippen MR) is 74.6 cm³/mol. The molecule has 0 aliphatic carbocycles. The Bertz CT molecular complexity index is 439. The maximum atomic E-state index is 11.9. The minimum atomic E-state index is 0.308. The first-order valence-corrected chi connectivity index (χ1v) is 6.97. The van der Waals surface area contributed by atoms with Gasteiger partial charge in [-0.25, -0.2) is 0 Å². The van der Waals surface area contributed by atoms with Crippen LogP contribution in [0.2, 0.25) is 0 Å². The Labute approximate surface area is 110 Å². The van der Waals surface area contributed by atoms with Gasteiger partial charge in [-0.15, -0.1) is 0 Å². The molecule has 2 rings (SSSR count). The summed E-state index contributed by atoms with van der Waals surface area (Å²) in [7, 11) is 0. The van der Waals surface area contributed by atoms with Crippen molar-refractivity contribution in [2.24, 2.45) is 0 Å². The summed E-state index contributed by atoms with van der Waals surface area (Å²) < 4.78 is 0. The van der Waals surface area contributed by atoms with E-state index >= 15 is 0 Å². The van der Waals surface area contributed by atoms with Crippen LogP contribution in [0.25, 0.3) is 0 Å². The molecule has 1 aromatic carbocycles. The van der Waals surface area contributed by atoms with Crippen molar-refractivity contribution < 1.29 is 4.79 Å². The zero-order valence-corrected chi connectivity index (χ0v) is 11.7. The van der Waals surface area contributed by atoms with Crippen LogP contribution in [0.3, 0.4) is 0 Å². The predicted octanol–water partition coefficient (Wildman–Crippen LogP) is 3.25. The Morgan fingerprint density at radius 3 is 2.89 bits per heavy atom. The van der Waals surface area contributed by atoms with Crippen molar-refractivity contribution in [3.05, 3.63) is 34.9 Å². The van der Waals surface area contributed by atoms with Crippen molar-refractivity contribution in [3.63, 3.8) is 0 Å². The van der Waals surface area contributed by atoms with Gasteiger partial charge in [-0.3, -0.25) is 4.79 Å². The van der Waals surface area contributed by atoms with E-state index in [4.69, 9.17) is 0 Å². The van der Waals surface area contributed by atoms with Crippen LogP contribution in [0.4, 0.5) is 0 Å². The molecule has 98 valence electrons. The lowest BCUT2D eigenvalue weighted by molar-refractivity contribution is -0.131. The molecule has 0 saturated carbocycles. The summed E-state index contributed by atoms with van der Waals surface area (Å²) in [5.74, 6) is 0.308. The number of carbonyl (C=O) groups excluding carboxylic acids is 1. The van der Waals surface area contributed by atoms with E-state index < -0.39 is 0 Å². The maximum Gasteiger partial charge on any atom is 0.222 e. The molecule has 18 heavy (non-hydrogen) atoms. The molecular formula is C16H23NO. The van der Waals surface area contributed by atoms with Crippen LogP contribution in [-0.4, -0.2) is 23.4 Å². The van der Waals surface area contributed by atoms with Crippen LogP contribution in [0.15, 0.2) is 18.2 Å². The number of amides is 1. The van der Waals surface area contributed by atoms with E-state index in [0.717, 1.165) is 25.8 Å². The maximum absolute atomic E-state index is 11.9. The number of hydrogen-bond donors (Lipinski definition) is 0. The summed E-state index contributed by atoms with van der Waals surface area (Å²) in [6, 6.07) is 7.02. The Balaban J connectivity index is 2.13. The monoisotopic (exact) mass is 245 g/mol. The molecule has 1 aliphatic heterocycles. The molecule has 0 N–H and O–H groups in total. The van der Waals surface area contributed by atoms with Crippen LogP contribution in [0.5, 0.6) is 0 Å². The molecule has 1 heterocycles. The second kappa shape index (κ2) is 5.55. The third kappa shape index (κ3) is 2.74. The smallest absolute Gasteiger partial charge is 0.222 e. The fourth-order valence-corrected chi connectivity index (χ4v) is 2.85. The third-order valence-electron chi connectivity index (χ3n) is 3.96. The summed E-state index contributed by atoms with van der Waals surface area (Å²) in [6.45, 7) is 7.19. The summed E-state index contributed by atoms with van der Waals surface area (Å²) in [5, 5.41) is 0. The normalized spacial score (nSPS) is 19.3. The largest absolute Gasteiger partial charge is 0.339 e. The molecule has 1 unspecified atom stereocenters. The fraction of sp³-hybridized carbons (Fsp3) is 0.562. The number of aryl methyl sites for hydroxylation is 2. The Morgan fingerprint density at radius 2 is 2.17 bits per heavy atom. The van der Waals surface area contributed by atoms with E-state index in [-0.39, 0.29) is 0 Å². The molecular weight excluding hydrogens is 222 g/mol. The number of carbonyl (C=O) groups is 1. The van der Waals surface area contributed by atoms with Crippen LogP contribution in [-0.2, 0) is 11.2 Å². The lowest BCUT2D eigenvalue weighted by Gasteiger charge is -2.25. The van der Waals surface area contributed by atoms with Gasteiger partial charge in [0, 0.05) is 19.0 Å². The van der Waals surface area contributed by atoms with Gasteiger partial charge in [0.2, 0.25) is 5.91 Å². The van der Waals surface area contributed by atoms with Crippen LogP contribution in [0, 0.1) is 13.8 Å². The number of hydrogen-bond acceptors (Lipinski definition) is 1. The lowest BCUT2D eigenvalue weighted by atomic mass is 9.98. The summed E-state index contributed by atoms with van der Waals surface area (Å²) in [4.78, 5) is 14.0. The highest BCUT2D eigenvalue weighted by molar-refractivity contribution is 5.76. The quantitative estimate of drug-likeness (QED) is 0.800. The molecule has 2 heteroatoms. The van der Waals surface area contributed by atoms with Gasteiger partial charge in [0.05, 0.1) is 0 Å². The topological polar surface area (TPSA) is 20.3 Å². The minimum absolute atomic E-state index is 0.308. The van der Waals surface area contributed by atoms with Crippen molar-refractivity contribution in [1.29, 1.82) is 0 Å². The van der Waals surface area contributed by atoms with E-state index in [2.05, 4.69) is 36.9 Å². The first-order valence-electron chi connectivity index (χ1n) is 6.97. The highest BCUT2D eigenvalue weighted by Gasteiger charge is 2.27. The van der Waals surface area contributed by atoms with Gasteiger partial charge in [0.25, 0.3) is 0 Å². The molecule has 0 spiro atoms. The van der Waals surface area contributed by atoms with Gasteiger partial charge in [0.15, 0.2) is 0 Å². The van der Waals surface area contributed by atoms with Gasteiger partial charge in [-0.1, -0.05) is 30.7 Å². The second-order valence-electron chi connectivity index (χ2n) is 5.37. The van der Waals surface area contributed by atoms with Gasteiger partial charge >= 0.3 is 0 Å². The van der Waals surface area contributed by atoms with Gasteiger partial charge in [-0.2, -0.15) is 0 Å². The molecule has 1 aliphatic rings. The van der Waals surface area contributed by atoms with Crippen molar-refractivity contribution >= 4 is 5.91 Å². The van der Waals surface area contributed by atoms with Crippen LogP contribution in [0.1, 0.15) is 42.9 Å². The number of likely N-dealkylation sites (tertiary alicyclic amines) is 1. The SMILES string of the molecule is CCC(=O)N1CCCC1Cc1cc(C)ccc1C. The van der Waals surface area contributed by atoms with Crippen molar-refractivity contribution in [3.8, 4) is 0 Å². The van der Waals surface area contributed by atoms with E-state index in [0.29, 0.717) is 18.4 Å². The number of nitrogens with zero attached hydrogens (tertiary/aromatic N) is 1. The third-order valence-corrected chi connectivity index (χ3v) is 3.96. The molecule has 1 atom stereocenters. The first kappa shape index (κ1) is 13.1. The zero-order valence-electron chi connectivity index (χ0n) is 11.7. The van der Waals surface area contributed by atoms with Crippen LogP contribution >= 0.6 is 0 Å². The minimum Gasteiger partial charge on any atom is -0.339 e. The summed E-state index contributed by atoms with van der Waals surface area (Å²) in [5.41, 5.74) is 4.05. The highest BCUT2D eigenvalue weighted by atomic mass is 16.2.